The summed E-state index contributed by atoms with van der Waals surface area (Å²) >= 11 is 0. The highest BCUT2D eigenvalue weighted by molar-refractivity contribution is 5.78. The first-order chi connectivity index (χ1) is 7.88. The van der Waals surface area contributed by atoms with Gasteiger partial charge in [0.05, 0.1) is 5.52 Å². The summed E-state index contributed by atoms with van der Waals surface area (Å²) in [6, 6.07) is 10.5. The standard InChI is InChI=1S/C14H16N2/c15-8-11-5-6-13(11)12-7-10-3-1-2-4-14(10)16-9-12/h1-4,7,9,11,13H,5-6,8,15H2. The fourth-order valence-electron chi connectivity index (χ4n) is 2.58. The van der Waals surface area contributed by atoms with Gasteiger partial charge in [-0.25, -0.2) is 0 Å². The minimum Gasteiger partial charge on any atom is -0.330 e. The Morgan fingerprint density at radius 3 is 2.88 bits per heavy atom. The number of para-hydroxylation sites is 1. The Balaban J connectivity index is 1.99. The summed E-state index contributed by atoms with van der Waals surface area (Å²) in [4.78, 5) is 4.51. The van der Waals surface area contributed by atoms with E-state index in [1.54, 1.807) is 0 Å². The molecular formula is C14H16N2. The van der Waals surface area contributed by atoms with Crippen molar-refractivity contribution in [2.24, 2.45) is 11.7 Å². The van der Waals surface area contributed by atoms with Gasteiger partial charge < -0.3 is 5.73 Å². The lowest BCUT2D eigenvalue weighted by molar-refractivity contribution is 0.263. The first kappa shape index (κ1) is 9.79. The van der Waals surface area contributed by atoms with Gasteiger partial charge in [-0.05, 0) is 48.9 Å². The zero-order valence-electron chi connectivity index (χ0n) is 9.26. The van der Waals surface area contributed by atoms with Crippen LogP contribution in [0.15, 0.2) is 36.5 Å². The van der Waals surface area contributed by atoms with Gasteiger partial charge in [-0.3, -0.25) is 4.98 Å². The minimum absolute atomic E-state index is 0.641. The molecule has 2 atom stereocenters. The SMILES string of the molecule is NCC1CCC1c1cnc2ccccc2c1. The molecule has 1 saturated carbocycles. The molecule has 2 heteroatoms. The molecule has 0 aliphatic heterocycles. The zero-order chi connectivity index (χ0) is 11.0. The van der Waals surface area contributed by atoms with Crippen LogP contribution in [0.2, 0.25) is 0 Å². The molecular weight excluding hydrogens is 196 g/mol. The van der Waals surface area contributed by atoms with Gasteiger partial charge in [0.1, 0.15) is 0 Å². The van der Waals surface area contributed by atoms with Crippen molar-refractivity contribution in [3.05, 3.63) is 42.1 Å². The van der Waals surface area contributed by atoms with Gasteiger partial charge in [-0.15, -0.1) is 0 Å². The smallest absolute Gasteiger partial charge is 0.0702 e. The molecule has 82 valence electrons. The van der Waals surface area contributed by atoms with Gasteiger partial charge in [0.2, 0.25) is 0 Å². The maximum Gasteiger partial charge on any atom is 0.0702 e. The number of rotatable bonds is 2. The van der Waals surface area contributed by atoms with Crippen LogP contribution in [0.4, 0.5) is 0 Å². The predicted molar refractivity (Wildman–Crippen MR) is 66.3 cm³/mol. The first-order valence-electron chi connectivity index (χ1n) is 5.93. The molecule has 2 N–H and O–H groups in total. The molecule has 1 aliphatic carbocycles. The Hall–Kier alpha value is -1.41. The Morgan fingerprint density at radius 1 is 1.25 bits per heavy atom. The largest absolute Gasteiger partial charge is 0.330 e. The Labute approximate surface area is 95.5 Å². The van der Waals surface area contributed by atoms with Crippen LogP contribution in [-0.2, 0) is 0 Å². The molecule has 3 rings (SSSR count). The molecule has 1 aliphatic rings. The average molecular weight is 212 g/mol. The Kier molecular flexibility index (Phi) is 2.37. The number of benzene rings is 1. The van der Waals surface area contributed by atoms with Crippen molar-refractivity contribution in [2.45, 2.75) is 18.8 Å². The molecule has 0 amide bonds. The molecule has 2 unspecified atom stereocenters. The van der Waals surface area contributed by atoms with E-state index in [9.17, 15) is 0 Å². The van der Waals surface area contributed by atoms with Crippen molar-refractivity contribution in [3.8, 4) is 0 Å². The Morgan fingerprint density at radius 2 is 2.12 bits per heavy atom. The third kappa shape index (κ3) is 1.50. The third-order valence-electron chi connectivity index (χ3n) is 3.76. The number of pyridine rings is 1. The number of aromatic nitrogens is 1. The van der Waals surface area contributed by atoms with Crippen LogP contribution in [-0.4, -0.2) is 11.5 Å². The number of hydrogen-bond acceptors (Lipinski definition) is 2. The van der Waals surface area contributed by atoms with E-state index in [0.717, 1.165) is 12.1 Å². The average Bonchev–Trinajstić information content (AvgIpc) is 2.28. The van der Waals surface area contributed by atoms with E-state index < -0.39 is 0 Å². The van der Waals surface area contributed by atoms with E-state index in [0.29, 0.717) is 11.8 Å². The number of hydrogen-bond donors (Lipinski definition) is 1. The van der Waals surface area contributed by atoms with Crippen LogP contribution in [0, 0.1) is 5.92 Å². The summed E-state index contributed by atoms with van der Waals surface area (Å²) < 4.78 is 0. The third-order valence-corrected chi connectivity index (χ3v) is 3.76. The predicted octanol–water partition coefficient (Wildman–Crippen LogP) is 2.69. The summed E-state index contributed by atoms with van der Waals surface area (Å²) in [5.41, 5.74) is 8.19. The molecule has 1 heterocycles. The van der Waals surface area contributed by atoms with Crippen LogP contribution >= 0.6 is 0 Å². The van der Waals surface area contributed by atoms with Crippen LogP contribution in [0.1, 0.15) is 24.3 Å². The molecule has 1 fully saturated rings. The molecule has 1 aromatic carbocycles. The van der Waals surface area contributed by atoms with E-state index in [1.807, 2.05) is 12.3 Å². The zero-order valence-corrected chi connectivity index (χ0v) is 9.26. The number of fused-ring (bicyclic) bond motifs is 1. The van der Waals surface area contributed by atoms with Crippen molar-refractivity contribution in [3.63, 3.8) is 0 Å². The van der Waals surface area contributed by atoms with E-state index in [4.69, 9.17) is 5.73 Å². The highest BCUT2D eigenvalue weighted by atomic mass is 14.7. The maximum absolute atomic E-state index is 5.75. The molecule has 0 spiro atoms. The second-order valence-electron chi connectivity index (χ2n) is 4.64. The van der Waals surface area contributed by atoms with Crippen molar-refractivity contribution < 1.29 is 0 Å². The second-order valence-corrected chi connectivity index (χ2v) is 4.64. The van der Waals surface area contributed by atoms with Crippen LogP contribution in [0.5, 0.6) is 0 Å². The normalized spacial score (nSPS) is 24.3. The van der Waals surface area contributed by atoms with Crippen molar-refractivity contribution in [2.75, 3.05) is 6.54 Å². The van der Waals surface area contributed by atoms with Gasteiger partial charge in [-0.2, -0.15) is 0 Å². The molecule has 2 aromatic rings. The van der Waals surface area contributed by atoms with Crippen LogP contribution < -0.4 is 5.73 Å². The summed E-state index contributed by atoms with van der Waals surface area (Å²) in [6.45, 7) is 0.803. The molecule has 0 saturated heterocycles. The van der Waals surface area contributed by atoms with Gasteiger partial charge in [0.25, 0.3) is 0 Å². The fraction of sp³-hybridized carbons (Fsp3) is 0.357. The summed E-state index contributed by atoms with van der Waals surface area (Å²) in [5, 5.41) is 1.24. The van der Waals surface area contributed by atoms with Crippen LogP contribution in [0.3, 0.4) is 0 Å². The van der Waals surface area contributed by atoms with E-state index in [-0.39, 0.29) is 0 Å². The van der Waals surface area contributed by atoms with Crippen molar-refractivity contribution in [1.29, 1.82) is 0 Å². The lowest BCUT2D eigenvalue weighted by Crippen LogP contribution is -2.30. The lowest BCUT2D eigenvalue weighted by Gasteiger charge is -2.36. The highest BCUT2D eigenvalue weighted by Crippen LogP contribution is 2.41. The van der Waals surface area contributed by atoms with E-state index >= 15 is 0 Å². The maximum atomic E-state index is 5.75. The number of nitrogens with two attached hydrogens (primary N) is 1. The fourth-order valence-corrected chi connectivity index (χ4v) is 2.58. The van der Waals surface area contributed by atoms with Crippen LogP contribution in [0.25, 0.3) is 10.9 Å². The Bertz CT molecular complexity index is 505. The molecule has 16 heavy (non-hydrogen) atoms. The quantitative estimate of drug-likeness (QED) is 0.831. The summed E-state index contributed by atoms with van der Waals surface area (Å²) in [7, 11) is 0. The highest BCUT2D eigenvalue weighted by Gasteiger charge is 2.30. The molecule has 0 radical (unpaired) electrons. The first-order valence-corrected chi connectivity index (χ1v) is 5.93. The van der Waals surface area contributed by atoms with Gasteiger partial charge in [0.15, 0.2) is 0 Å². The molecule has 1 aromatic heterocycles. The molecule has 0 bridgehead atoms. The second kappa shape index (κ2) is 3.87. The van der Waals surface area contributed by atoms with Gasteiger partial charge in [0, 0.05) is 11.6 Å². The monoisotopic (exact) mass is 212 g/mol. The lowest BCUT2D eigenvalue weighted by atomic mass is 9.70. The van der Waals surface area contributed by atoms with Gasteiger partial charge >= 0.3 is 0 Å². The van der Waals surface area contributed by atoms with E-state index in [1.165, 1.54) is 23.8 Å². The summed E-state index contributed by atoms with van der Waals surface area (Å²) in [5.74, 6) is 1.31. The minimum atomic E-state index is 0.641. The van der Waals surface area contributed by atoms with Crippen molar-refractivity contribution >= 4 is 10.9 Å². The van der Waals surface area contributed by atoms with Crippen molar-refractivity contribution in [1.82, 2.24) is 4.98 Å². The topological polar surface area (TPSA) is 38.9 Å². The number of nitrogens with zero attached hydrogens (tertiary/aromatic N) is 1. The van der Waals surface area contributed by atoms with Gasteiger partial charge in [-0.1, -0.05) is 18.2 Å². The van der Waals surface area contributed by atoms with E-state index in [2.05, 4.69) is 29.2 Å². The summed E-state index contributed by atoms with van der Waals surface area (Å²) in [6.07, 6.45) is 4.56. The molecule has 2 nitrogen and oxygen atoms in total.